The summed E-state index contributed by atoms with van der Waals surface area (Å²) in [7, 11) is -3.20. The molecule has 0 aromatic carbocycles. The molecule has 6 heteroatoms. The number of amides is 1. The molecule has 1 rings (SSSR count). The molecular formula is C8H16N2O3S. The lowest BCUT2D eigenvalue weighted by Crippen LogP contribution is -2.35. The molecule has 14 heavy (non-hydrogen) atoms. The number of carbonyl (C=O) groups excluding carboxylic acids is 1. The second-order valence-electron chi connectivity index (χ2n) is 3.65. The van der Waals surface area contributed by atoms with E-state index in [9.17, 15) is 13.2 Å². The van der Waals surface area contributed by atoms with Gasteiger partial charge in [0.1, 0.15) is 5.75 Å². The fraction of sp³-hybridized carbons (Fsp3) is 0.875. The van der Waals surface area contributed by atoms with E-state index in [1.807, 2.05) is 0 Å². The second kappa shape index (κ2) is 4.75. The number of hydrogen-bond donors (Lipinski definition) is 2. The molecule has 0 radical (unpaired) electrons. The van der Waals surface area contributed by atoms with E-state index in [1.54, 1.807) is 0 Å². The van der Waals surface area contributed by atoms with E-state index < -0.39 is 21.5 Å². The molecule has 0 spiro atoms. The number of nitrogens with one attached hydrogen (secondary N) is 2. The Hall–Kier alpha value is -0.620. The zero-order valence-corrected chi connectivity index (χ0v) is 9.06. The van der Waals surface area contributed by atoms with Crippen molar-refractivity contribution in [3.63, 3.8) is 0 Å². The smallest absolute Gasteiger partial charge is 0.235 e. The van der Waals surface area contributed by atoms with Crippen molar-refractivity contribution < 1.29 is 13.2 Å². The molecule has 1 aliphatic rings. The van der Waals surface area contributed by atoms with Crippen molar-refractivity contribution in [2.24, 2.45) is 0 Å². The first kappa shape index (κ1) is 11.5. The Kier molecular flexibility index (Phi) is 3.88. The Bertz CT molecular complexity index is 296. The van der Waals surface area contributed by atoms with Gasteiger partial charge in [0.25, 0.3) is 0 Å². The fourth-order valence-electron chi connectivity index (χ4n) is 1.05. The van der Waals surface area contributed by atoms with Crippen LogP contribution in [-0.4, -0.2) is 45.5 Å². The summed E-state index contributed by atoms with van der Waals surface area (Å²) in [5.74, 6) is -0.846. The van der Waals surface area contributed by atoms with Crippen LogP contribution >= 0.6 is 0 Å². The summed E-state index contributed by atoms with van der Waals surface area (Å²) < 4.78 is 21.4. The molecular weight excluding hydrogens is 204 g/mol. The lowest BCUT2D eigenvalue weighted by molar-refractivity contribution is -0.118. The van der Waals surface area contributed by atoms with Crippen LogP contribution in [0.4, 0.5) is 0 Å². The molecule has 82 valence electrons. The molecule has 0 bridgehead atoms. The van der Waals surface area contributed by atoms with Crippen molar-refractivity contribution in [2.45, 2.75) is 18.9 Å². The van der Waals surface area contributed by atoms with Crippen LogP contribution in [0.15, 0.2) is 0 Å². The topological polar surface area (TPSA) is 75.3 Å². The first-order chi connectivity index (χ1) is 6.47. The van der Waals surface area contributed by atoms with Gasteiger partial charge in [0.05, 0.1) is 0 Å². The monoisotopic (exact) mass is 220 g/mol. The maximum atomic E-state index is 11.0. The summed E-state index contributed by atoms with van der Waals surface area (Å²) in [5.41, 5.74) is 0. The predicted octanol–water partition coefficient (Wildman–Crippen LogP) is -1.10. The third kappa shape index (κ3) is 5.93. The van der Waals surface area contributed by atoms with Crippen LogP contribution in [-0.2, 0) is 14.6 Å². The van der Waals surface area contributed by atoms with Gasteiger partial charge in [0, 0.05) is 25.4 Å². The molecule has 0 unspecified atom stereocenters. The van der Waals surface area contributed by atoms with Crippen molar-refractivity contribution in [3.8, 4) is 0 Å². The van der Waals surface area contributed by atoms with Gasteiger partial charge in [-0.3, -0.25) is 4.79 Å². The fourth-order valence-corrected chi connectivity index (χ4v) is 1.63. The van der Waals surface area contributed by atoms with E-state index in [2.05, 4.69) is 10.6 Å². The van der Waals surface area contributed by atoms with Gasteiger partial charge in [-0.25, -0.2) is 8.42 Å². The minimum Gasteiger partial charge on any atom is -0.354 e. The largest absolute Gasteiger partial charge is 0.354 e. The van der Waals surface area contributed by atoms with E-state index in [0.717, 1.165) is 6.26 Å². The van der Waals surface area contributed by atoms with E-state index in [4.69, 9.17) is 0 Å². The first-order valence-electron chi connectivity index (χ1n) is 4.65. The van der Waals surface area contributed by atoms with Gasteiger partial charge in [-0.15, -0.1) is 0 Å². The summed E-state index contributed by atoms with van der Waals surface area (Å²) in [6, 6.07) is 0.613. The van der Waals surface area contributed by atoms with Gasteiger partial charge in [-0.05, 0) is 12.8 Å². The molecule has 0 aromatic rings. The average molecular weight is 220 g/mol. The standard InChI is InChI=1S/C8H16N2O3S/c1-14(12,13)6-8(11)10-5-4-9-7-2-3-7/h7,9H,2-6H2,1H3,(H,10,11). The Labute approximate surface area is 84.2 Å². The third-order valence-corrected chi connectivity index (χ3v) is 2.64. The Morgan fingerprint density at radius 1 is 1.36 bits per heavy atom. The van der Waals surface area contributed by atoms with Gasteiger partial charge >= 0.3 is 0 Å². The first-order valence-corrected chi connectivity index (χ1v) is 6.71. The molecule has 0 atom stereocenters. The molecule has 0 saturated heterocycles. The van der Waals surface area contributed by atoms with Crippen LogP contribution in [0, 0.1) is 0 Å². The minimum atomic E-state index is -3.20. The van der Waals surface area contributed by atoms with Crippen molar-refractivity contribution in [3.05, 3.63) is 0 Å². The van der Waals surface area contributed by atoms with E-state index in [-0.39, 0.29) is 0 Å². The second-order valence-corrected chi connectivity index (χ2v) is 5.79. The van der Waals surface area contributed by atoms with Crippen LogP contribution in [0.3, 0.4) is 0 Å². The van der Waals surface area contributed by atoms with Crippen LogP contribution in [0.25, 0.3) is 0 Å². The zero-order chi connectivity index (χ0) is 10.6. The predicted molar refractivity (Wildman–Crippen MR) is 53.7 cm³/mol. The molecule has 0 heterocycles. The molecule has 1 amide bonds. The summed E-state index contributed by atoms with van der Waals surface area (Å²) in [5, 5.41) is 5.75. The summed E-state index contributed by atoms with van der Waals surface area (Å²) in [6.07, 6.45) is 3.46. The van der Waals surface area contributed by atoms with Gasteiger partial charge < -0.3 is 10.6 Å². The third-order valence-electron chi connectivity index (χ3n) is 1.85. The van der Waals surface area contributed by atoms with Crippen molar-refractivity contribution in [1.29, 1.82) is 0 Å². The maximum absolute atomic E-state index is 11.0. The van der Waals surface area contributed by atoms with Crippen LogP contribution in [0.5, 0.6) is 0 Å². The highest BCUT2D eigenvalue weighted by molar-refractivity contribution is 7.91. The normalized spacial score (nSPS) is 16.6. The zero-order valence-electron chi connectivity index (χ0n) is 8.25. The molecule has 5 nitrogen and oxygen atoms in total. The highest BCUT2D eigenvalue weighted by Crippen LogP contribution is 2.17. The number of hydrogen-bond acceptors (Lipinski definition) is 4. The van der Waals surface area contributed by atoms with E-state index in [0.29, 0.717) is 19.1 Å². The molecule has 2 N–H and O–H groups in total. The summed E-state index contributed by atoms with van der Waals surface area (Å²) >= 11 is 0. The van der Waals surface area contributed by atoms with Gasteiger partial charge in [0.15, 0.2) is 9.84 Å². The van der Waals surface area contributed by atoms with Crippen LogP contribution < -0.4 is 10.6 Å². The van der Waals surface area contributed by atoms with Gasteiger partial charge in [-0.2, -0.15) is 0 Å². The Balaban J connectivity index is 2.02. The van der Waals surface area contributed by atoms with Crippen molar-refractivity contribution in [2.75, 3.05) is 25.1 Å². The lowest BCUT2D eigenvalue weighted by atomic mass is 10.5. The van der Waals surface area contributed by atoms with Gasteiger partial charge in [-0.1, -0.05) is 0 Å². The highest BCUT2D eigenvalue weighted by Gasteiger charge is 2.19. The number of sulfone groups is 1. The molecule has 1 saturated carbocycles. The molecule has 1 aliphatic carbocycles. The van der Waals surface area contributed by atoms with Crippen LogP contribution in [0.2, 0.25) is 0 Å². The van der Waals surface area contributed by atoms with Crippen molar-refractivity contribution >= 4 is 15.7 Å². The van der Waals surface area contributed by atoms with Crippen LogP contribution in [0.1, 0.15) is 12.8 Å². The number of rotatable bonds is 6. The Morgan fingerprint density at radius 2 is 2.00 bits per heavy atom. The van der Waals surface area contributed by atoms with Gasteiger partial charge in [0.2, 0.25) is 5.91 Å². The minimum absolute atomic E-state index is 0.420. The SMILES string of the molecule is CS(=O)(=O)CC(=O)NCCNC1CC1. The molecule has 0 aliphatic heterocycles. The molecule has 1 fully saturated rings. The average Bonchev–Trinajstić information content (AvgIpc) is 2.77. The summed E-state index contributed by atoms with van der Waals surface area (Å²) in [4.78, 5) is 11.0. The summed E-state index contributed by atoms with van der Waals surface area (Å²) in [6.45, 7) is 1.20. The maximum Gasteiger partial charge on any atom is 0.235 e. The molecule has 0 aromatic heterocycles. The number of carbonyl (C=O) groups is 1. The highest BCUT2D eigenvalue weighted by atomic mass is 32.2. The lowest BCUT2D eigenvalue weighted by Gasteiger charge is -2.04. The van der Waals surface area contributed by atoms with Crippen molar-refractivity contribution in [1.82, 2.24) is 10.6 Å². The quantitative estimate of drug-likeness (QED) is 0.557. The van der Waals surface area contributed by atoms with E-state index >= 15 is 0 Å². The van der Waals surface area contributed by atoms with E-state index in [1.165, 1.54) is 12.8 Å². The Morgan fingerprint density at radius 3 is 2.50 bits per heavy atom.